The lowest BCUT2D eigenvalue weighted by molar-refractivity contribution is -0.148. The van der Waals surface area contributed by atoms with E-state index in [1.54, 1.807) is 38.1 Å². The summed E-state index contributed by atoms with van der Waals surface area (Å²) >= 11 is 0. The van der Waals surface area contributed by atoms with Gasteiger partial charge in [0.05, 0.1) is 56.1 Å². The van der Waals surface area contributed by atoms with Gasteiger partial charge in [0.25, 0.3) is 0 Å². The highest BCUT2D eigenvalue weighted by atomic mass is 16.6. The lowest BCUT2D eigenvalue weighted by atomic mass is 10.1. The van der Waals surface area contributed by atoms with Crippen molar-refractivity contribution in [2.45, 2.75) is 169 Å². The Bertz CT molecular complexity index is 2260. The summed E-state index contributed by atoms with van der Waals surface area (Å²) in [5.41, 5.74) is 1.18. The molecule has 2 saturated carbocycles. The van der Waals surface area contributed by atoms with Crippen molar-refractivity contribution in [1.29, 1.82) is 0 Å². The number of esters is 2. The molecule has 6 amide bonds. The second kappa shape index (κ2) is 29.0. The molecular weight excluding hydrogens is 993 g/mol. The number of hydrogen-bond acceptors (Lipinski definition) is 15. The maximum atomic E-state index is 12.2. The third kappa shape index (κ3) is 21.0. The first-order chi connectivity index (χ1) is 36.4. The Balaban J connectivity index is 0.000000199. The number of hydrogen-bond donors (Lipinski definition) is 2. The van der Waals surface area contributed by atoms with Crippen molar-refractivity contribution in [2.24, 2.45) is 33.9 Å². The molecule has 0 aromatic carbocycles. The molecule has 0 radical (unpaired) electrons. The number of nitrogens with zero attached hydrogens (tertiary/aromatic N) is 8. The molecule has 6 aliphatic rings. The number of aromatic nitrogens is 2. The topological polar surface area (TPSA) is 252 Å². The number of likely N-dealkylation sites (tertiary alicyclic amines) is 4. The summed E-state index contributed by atoms with van der Waals surface area (Å²) in [7, 11) is 0. The van der Waals surface area contributed by atoms with Crippen molar-refractivity contribution in [3.05, 3.63) is 48.0 Å². The zero-order chi connectivity index (χ0) is 56.5. The number of aliphatic hydroxyl groups excluding tert-OH is 1. The minimum Gasteiger partial charge on any atom is -0.506 e. The average molecular weight is 1080 g/mol. The molecule has 8 rings (SSSR count). The van der Waals surface area contributed by atoms with E-state index in [2.05, 4.69) is 20.2 Å². The van der Waals surface area contributed by atoms with Gasteiger partial charge in [0.2, 0.25) is 0 Å². The molecule has 6 atom stereocenters. The fraction of sp³-hybridized carbons (Fsp3) is 0.714. The van der Waals surface area contributed by atoms with E-state index in [0.717, 1.165) is 102 Å². The largest absolute Gasteiger partial charge is 0.506 e. The maximum absolute atomic E-state index is 12.2. The van der Waals surface area contributed by atoms with Gasteiger partial charge in [-0.3, -0.25) is 19.6 Å². The number of urea groups is 2. The van der Waals surface area contributed by atoms with Crippen molar-refractivity contribution in [3.63, 3.8) is 0 Å². The number of carbonyl (C=O) groups is 6. The molecule has 0 spiro atoms. The summed E-state index contributed by atoms with van der Waals surface area (Å²) in [6.07, 6.45) is 16.2. The number of carbonyl (C=O) groups excluding carboxylic acids is 6. The van der Waals surface area contributed by atoms with Crippen molar-refractivity contribution in [3.8, 4) is 11.5 Å². The summed E-state index contributed by atoms with van der Waals surface area (Å²) in [6, 6.07) is 2.97. The average Bonchev–Trinajstić information content (AvgIpc) is 4.30. The van der Waals surface area contributed by atoms with E-state index in [-0.39, 0.29) is 72.5 Å². The number of amides is 6. The third-order valence-electron chi connectivity index (χ3n) is 13.7. The smallest absolute Gasteiger partial charge is 0.410 e. The van der Waals surface area contributed by atoms with E-state index >= 15 is 0 Å². The first-order valence-electron chi connectivity index (χ1n) is 27.6. The van der Waals surface area contributed by atoms with Crippen LogP contribution < -0.4 is 4.74 Å². The molecule has 428 valence electrons. The van der Waals surface area contributed by atoms with Crippen LogP contribution in [0.1, 0.15) is 156 Å². The van der Waals surface area contributed by atoms with Crippen LogP contribution in [0.2, 0.25) is 0 Å². The predicted octanol–water partition coefficient (Wildman–Crippen LogP) is 9.50. The first kappa shape index (κ1) is 61.7. The quantitative estimate of drug-likeness (QED) is 0.114. The molecule has 2 N–H and O–H groups in total. The van der Waals surface area contributed by atoms with E-state index in [1.807, 2.05) is 81.5 Å². The van der Waals surface area contributed by atoms with Gasteiger partial charge in [-0.2, -0.15) is 0 Å². The Morgan fingerprint density at radius 2 is 1.03 bits per heavy atom. The summed E-state index contributed by atoms with van der Waals surface area (Å²) < 4.78 is 27.0. The minimum absolute atomic E-state index is 0.0256. The van der Waals surface area contributed by atoms with E-state index in [9.17, 15) is 33.9 Å². The molecule has 6 fully saturated rings. The molecule has 4 aliphatic heterocycles. The number of aromatic hydroxyl groups is 1. The maximum Gasteiger partial charge on any atom is 0.410 e. The predicted molar refractivity (Wildman–Crippen MR) is 285 cm³/mol. The second-order valence-electron chi connectivity index (χ2n) is 23.3. The number of piperidine rings is 2. The molecular formula is C56H86N8O13. The van der Waals surface area contributed by atoms with Gasteiger partial charge in [-0.05, 0) is 141 Å². The van der Waals surface area contributed by atoms with Gasteiger partial charge in [0.15, 0.2) is 0 Å². The second-order valence-corrected chi connectivity index (χ2v) is 23.3. The van der Waals surface area contributed by atoms with Crippen LogP contribution in [-0.2, 0) is 28.5 Å². The zero-order valence-corrected chi connectivity index (χ0v) is 47.2. The van der Waals surface area contributed by atoms with E-state index in [0.29, 0.717) is 62.3 Å². The molecule has 2 aliphatic carbocycles. The van der Waals surface area contributed by atoms with E-state index in [1.165, 1.54) is 6.20 Å². The normalized spacial score (nSPS) is 22.6. The van der Waals surface area contributed by atoms with Crippen LogP contribution in [0.5, 0.6) is 11.5 Å². The van der Waals surface area contributed by atoms with Crippen LogP contribution in [0.4, 0.5) is 19.2 Å². The van der Waals surface area contributed by atoms with Gasteiger partial charge in [0, 0.05) is 63.5 Å². The van der Waals surface area contributed by atoms with Gasteiger partial charge in [-0.1, -0.05) is 37.9 Å². The van der Waals surface area contributed by atoms with E-state index in [4.69, 9.17) is 28.8 Å². The number of rotatable bonds is 12. The number of pyridine rings is 2. The van der Waals surface area contributed by atoms with Crippen LogP contribution in [0.3, 0.4) is 0 Å². The summed E-state index contributed by atoms with van der Waals surface area (Å²) in [6.45, 7) is 24.1. The molecule has 0 bridgehead atoms. The van der Waals surface area contributed by atoms with Crippen LogP contribution in [0, 0.1) is 23.7 Å². The lowest BCUT2D eigenvalue weighted by Crippen LogP contribution is -2.55. The third-order valence-corrected chi connectivity index (χ3v) is 13.7. The minimum atomic E-state index is -0.499. The fourth-order valence-corrected chi connectivity index (χ4v) is 8.70. The molecule has 77 heavy (non-hydrogen) atoms. The summed E-state index contributed by atoms with van der Waals surface area (Å²) in [4.78, 5) is 84.7. The molecule has 21 heteroatoms. The van der Waals surface area contributed by atoms with Crippen molar-refractivity contribution in [2.75, 3.05) is 65.7 Å². The summed E-state index contributed by atoms with van der Waals surface area (Å²) in [5.74, 6) is 1.86. The Morgan fingerprint density at radius 3 is 1.42 bits per heavy atom. The van der Waals surface area contributed by atoms with Gasteiger partial charge in [-0.15, -0.1) is 0 Å². The monoisotopic (exact) mass is 1080 g/mol. The van der Waals surface area contributed by atoms with Crippen molar-refractivity contribution in [1.82, 2.24) is 29.6 Å². The Hall–Kier alpha value is -6.12. The van der Waals surface area contributed by atoms with Crippen LogP contribution >= 0.6 is 0 Å². The van der Waals surface area contributed by atoms with Gasteiger partial charge < -0.3 is 53.5 Å². The molecule has 4 saturated heterocycles. The fourth-order valence-electron chi connectivity index (χ4n) is 8.70. The van der Waals surface area contributed by atoms with Crippen LogP contribution in [0.25, 0.3) is 0 Å². The zero-order valence-electron chi connectivity index (χ0n) is 47.2. The van der Waals surface area contributed by atoms with Crippen LogP contribution in [-0.4, -0.2) is 165 Å². The van der Waals surface area contributed by atoms with Crippen molar-refractivity contribution >= 4 is 36.2 Å². The van der Waals surface area contributed by atoms with Crippen LogP contribution in [0.15, 0.2) is 47.1 Å². The molecule has 6 heterocycles. The number of aliphatic hydroxyl groups is 1. The number of ether oxygens (including phenoxy) is 5. The highest BCUT2D eigenvalue weighted by Crippen LogP contribution is 2.49. The van der Waals surface area contributed by atoms with Gasteiger partial charge >= 0.3 is 36.2 Å². The van der Waals surface area contributed by atoms with Gasteiger partial charge in [-0.25, -0.2) is 19.2 Å². The highest BCUT2D eigenvalue weighted by molar-refractivity contribution is 5.80. The van der Waals surface area contributed by atoms with E-state index < -0.39 is 11.2 Å². The molecule has 2 aromatic rings. The SMILES string of the molecule is CC(C)(C)OC(=O)N1CC[C@H]1CO.CC(C)C(=O)OC[C@H]1C[C@@H]1c1cncc(O)c1.CC(C)C(=O)OC[C@H]1C[C@@H]1c1cncc(OC[C@@H]2CCN2C(=O)OC(C)(C)C)c1.O=C(N=NC(=O)N1CCCCC1)N1CCCCC1. The lowest BCUT2D eigenvalue weighted by Gasteiger charge is -2.40. The standard InChI is InChI=1S/C22H32N2O5.C13H17NO3.C12H20N4O2.C9H17NO3/c1-14(2)20(25)28-12-16-9-19(16)15-8-18(11-23-10-15)27-13-17-6-7-24(17)21(26)29-22(3,4)5;1-8(2)13(16)17-7-10-4-12(10)9-3-11(15)6-14-5-9;17-11(15-7-3-1-4-8-15)13-14-12(18)16-9-5-2-6-10-16;1-9(2,3)13-8(12)10-5-4-7(10)6-11/h8,10-11,14,16-17,19H,6-7,9,12-13H2,1-5H3;3,5-6,8,10,12,15H,4,7H2,1-2H3;1-10H2;7,11H,4-6H2,1-3H3/t16-,17+,19-;10-,12-;;7-/m11.0/s1. The Morgan fingerprint density at radius 1 is 0.597 bits per heavy atom. The Kier molecular flexibility index (Phi) is 23.3. The molecule has 0 unspecified atom stereocenters. The van der Waals surface area contributed by atoms with Crippen molar-refractivity contribution < 1.29 is 62.7 Å². The van der Waals surface area contributed by atoms with Gasteiger partial charge in [0.1, 0.15) is 29.3 Å². The highest BCUT2D eigenvalue weighted by Gasteiger charge is 2.41. The Labute approximate surface area is 454 Å². The number of azo groups is 1. The molecule has 21 nitrogen and oxygen atoms in total. The molecule has 2 aromatic heterocycles. The first-order valence-corrected chi connectivity index (χ1v) is 27.6. The summed E-state index contributed by atoms with van der Waals surface area (Å²) in [5, 5.41) is 25.3.